The van der Waals surface area contributed by atoms with Crippen LogP contribution in [-0.2, 0) is 20.1 Å². The fourth-order valence-electron chi connectivity index (χ4n) is 1.70. The van der Waals surface area contributed by atoms with Crippen molar-refractivity contribution in [3.8, 4) is 11.5 Å². The third-order valence-corrected chi connectivity index (χ3v) is 2.68. The largest absolute Gasteiger partial charge is 0.507 e. The summed E-state index contributed by atoms with van der Waals surface area (Å²) in [6, 6.07) is 7.25. The van der Waals surface area contributed by atoms with E-state index in [-0.39, 0.29) is 5.75 Å². The van der Waals surface area contributed by atoms with E-state index in [1.54, 1.807) is 17.9 Å². The molecule has 2 N–H and O–H groups in total. The van der Waals surface area contributed by atoms with Gasteiger partial charge in [0.25, 0.3) is 0 Å². The molecule has 0 saturated carbocycles. The molecule has 0 aliphatic rings. The van der Waals surface area contributed by atoms with Crippen molar-refractivity contribution in [3.63, 3.8) is 0 Å². The van der Waals surface area contributed by atoms with Crippen LogP contribution < -0.4 is 10.1 Å². The molecular formula is C13H17N3O2. The molecule has 1 aromatic carbocycles. The molecule has 5 heteroatoms. The van der Waals surface area contributed by atoms with E-state index < -0.39 is 0 Å². The number of hydrogen-bond acceptors (Lipinski definition) is 4. The summed E-state index contributed by atoms with van der Waals surface area (Å²) in [5, 5.41) is 17.3. The summed E-state index contributed by atoms with van der Waals surface area (Å²) in [5.74, 6) is 0.892. The molecule has 0 spiro atoms. The topological polar surface area (TPSA) is 59.3 Å². The van der Waals surface area contributed by atoms with Gasteiger partial charge in [-0.25, -0.2) is 0 Å². The molecule has 5 nitrogen and oxygen atoms in total. The fourth-order valence-corrected chi connectivity index (χ4v) is 1.70. The summed E-state index contributed by atoms with van der Waals surface area (Å²) in [4.78, 5) is 0. The third-order valence-electron chi connectivity index (χ3n) is 2.68. The number of methoxy groups -OCH3 is 1. The van der Waals surface area contributed by atoms with Crippen molar-refractivity contribution in [1.82, 2.24) is 15.1 Å². The number of phenols is 1. The highest BCUT2D eigenvalue weighted by atomic mass is 16.5. The SMILES string of the molecule is COc1ccc(CNCc2ccn(C)n2)c(O)c1. The number of rotatable bonds is 5. The Bertz CT molecular complexity index is 523. The standard InChI is InChI=1S/C13H17N3O2/c1-16-6-5-11(15-16)9-14-8-10-3-4-12(18-2)7-13(10)17/h3-7,14,17H,8-9H2,1-2H3. The van der Waals surface area contributed by atoms with Crippen LogP contribution in [0.25, 0.3) is 0 Å². The minimum Gasteiger partial charge on any atom is -0.507 e. The Morgan fingerprint density at radius 2 is 2.17 bits per heavy atom. The molecule has 0 aliphatic carbocycles. The molecule has 2 rings (SSSR count). The zero-order valence-electron chi connectivity index (χ0n) is 10.6. The Balaban J connectivity index is 1.90. The summed E-state index contributed by atoms with van der Waals surface area (Å²) in [6.45, 7) is 1.26. The molecule has 18 heavy (non-hydrogen) atoms. The van der Waals surface area contributed by atoms with Crippen LogP contribution in [0.1, 0.15) is 11.3 Å². The highest BCUT2D eigenvalue weighted by molar-refractivity contribution is 5.39. The molecule has 0 unspecified atom stereocenters. The second-order valence-electron chi connectivity index (χ2n) is 4.08. The van der Waals surface area contributed by atoms with Gasteiger partial charge in [0.1, 0.15) is 11.5 Å². The quantitative estimate of drug-likeness (QED) is 0.839. The summed E-state index contributed by atoms with van der Waals surface area (Å²) >= 11 is 0. The predicted molar refractivity (Wildman–Crippen MR) is 68.4 cm³/mol. The number of nitrogens with one attached hydrogen (secondary N) is 1. The summed E-state index contributed by atoms with van der Waals surface area (Å²) in [7, 11) is 3.46. The number of benzene rings is 1. The normalized spacial score (nSPS) is 10.6. The Morgan fingerprint density at radius 1 is 1.33 bits per heavy atom. The second-order valence-corrected chi connectivity index (χ2v) is 4.08. The van der Waals surface area contributed by atoms with Gasteiger partial charge in [-0.3, -0.25) is 4.68 Å². The van der Waals surface area contributed by atoms with Gasteiger partial charge < -0.3 is 15.2 Å². The molecule has 0 aliphatic heterocycles. The lowest BCUT2D eigenvalue weighted by Crippen LogP contribution is -2.13. The smallest absolute Gasteiger partial charge is 0.123 e. The molecular weight excluding hydrogens is 230 g/mol. The molecule has 0 saturated heterocycles. The number of aromatic nitrogens is 2. The van der Waals surface area contributed by atoms with Gasteiger partial charge in [-0.2, -0.15) is 5.10 Å². The Labute approximate surface area is 106 Å². The van der Waals surface area contributed by atoms with Crippen LogP contribution in [0.2, 0.25) is 0 Å². The molecule has 96 valence electrons. The molecule has 0 bridgehead atoms. The maximum absolute atomic E-state index is 9.78. The first-order valence-electron chi connectivity index (χ1n) is 5.74. The summed E-state index contributed by atoms with van der Waals surface area (Å²) < 4.78 is 6.80. The Kier molecular flexibility index (Phi) is 3.84. The maximum atomic E-state index is 9.78. The zero-order chi connectivity index (χ0) is 13.0. The average Bonchev–Trinajstić information content (AvgIpc) is 2.77. The van der Waals surface area contributed by atoms with Gasteiger partial charge in [0.15, 0.2) is 0 Å². The van der Waals surface area contributed by atoms with E-state index in [9.17, 15) is 5.11 Å². The monoisotopic (exact) mass is 247 g/mol. The maximum Gasteiger partial charge on any atom is 0.123 e. The predicted octanol–water partition coefficient (Wildman–Crippen LogP) is 1.42. The molecule has 2 aromatic rings. The molecule has 0 fully saturated rings. The van der Waals surface area contributed by atoms with Crippen LogP contribution >= 0.6 is 0 Å². The van der Waals surface area contributed by atoms with Gasteiger partial charge in [-0.15, -0.1) is 0 Å². The molecule has 0 amide bonds. The van der Waals surface area contributed by atoms with Crippen molar-refractivity contribution in [2.45, 2.75) is 13.1 Å². The van der Waals surface area contributed by atoms with Crippen molar-refractivity contribution < 1.29 is 9.84 Å². The molecule has 0 atom stereocenters. The van der Waals surface area contributed by atoms with Crippen LogP contribution in [0.15, 0.2) is 30.5 Å². The van der Waals surface area contributed by atoms with E-state index in [0.717, 1.165) is 11.3 Å². The lowest BCUT2D eigenvalue weighted by Gasteiger charge is -2.07. The number of aromatic hydroxyl groups is 1. The van der Waals surface area contributed by atoms with Crippen LogP contribution in [-0.4, -0.2) is 22.0 Å². The molecule has 0 radical (unpaired) electrons. The minimum atomic E-state index is 0.239. The first kappa shape index (κ1) is 12.4. The van der Waals surface area contributed by atoms with Crippen LogP contribution in [0.4, 0.5) is 0 Å². The number of ether oxygens (including phenoxy) is 1. The van der Waals surface area contributed by atoms with Crippen LogP contribution in [0, 0.1) is 0 Å². The van der Waals surface area contributed by atoms with Gasteiger partial charge in [0.2, 0.25) is 0 Å². The van der Waals surface area contributed by atoms with Gasteiger partial charge in [0.05, 0.1) is 12.8 Å². The Hall–Kier alpha value is -2.01. The van der Waals surface area contributed by atoms with Crippen LogP contribution in [0.5, 0.6) is 11.5 Å². The molecule has 1 heterocycles. The van der Waals surface area contributed by atoms with E-state index >= 15 is 0 Å². The van der Waals surface area contributed by atoms with Crippen molar-refractivity contribution in [1.29, 1.82) is 0 Å². The average molecular weight is 247 g/mol. The summed E-state index contributed by atoms with van der Waals surface area (Å²) in [6.07, 6.45) is 1.90. The van der Waals surface area contributed by atoms with Crippen molar-refractivity contribution in [3.05, 3.63) is 41.7 Å². The van der Waals surface area contributed by atoms with Gasteiger partial charge in [-0.1, -0.05) is 6.07 Å². The van der Waals surface area contributed by atoms with Gasteiger partial charge >= 0.3 is 0 Å². The zero-order valence-corrected chi connectivity index (χ0v) is 10.6. The van der Waals surface area contributed by atoms with Crippen molar-refractivity contribution in [2.75, 3.05) is 7.11 Å². The number of nitrogens with zero attached hydrogens (tertiary/aromatic N) is 2. The lowest BCUT2D eigenvalue weighted by molar-refractivity contribution is 0.406. The highest BCUT2D eigenvalue weighted by Crippen LogP contribution is 2.23. The van der Waals surface area contributed by atoms with Gasteiger partial charge in [-0.05, 0) is 12.1 Å². The van der Waals surface area contributed by atoms with E-state index in [0.29, 0.717) is 18.8 Å². The lowest BCUT2D eigenvalue weighted by atomic mass is 10.2. The first-order valence-corrected chi connectivity index (χ1v) is 5.74. The third kappa shape index (κ3) is 3.01. The number of phenolic OH excluding ortho intramolecular Hbond substituents is 1. The van der Waals surface area contributed by atoms with Crippen molar-refractivity contribution in [2.24, 2.45) is 7.05 Å². The van der Waals surface area contributed by atoms with E-state index in [4.69, 9.17) is 4.74 Å². The number of aryl methyl sites for hydroxylation is 1. The van der Waals surface area contributed by atoms with E-state index in [2.05, 4.69) is 10.4 Å². The first-order chi connectivity index (χ1) is 8.69. The fraction of sp³-hybridized carbons (Fsp3) is 0.308. The molecule has 1 aromatic heterocycles. The van der Waals surface area contributed by atoms with Crippen LogP contribution in [0.3, 0.4) is 0 Å². The van der Waals surface area contributed by atoms with E-state index in [1.165, 1.54) is 0 Å². The highest BCUT2D eigenvalue weighted by Gasteiger charge is 2.03. The Morgan fingerprint density at radius 3 is 2.78 bits per heavy atom. The number of hydrogen-bond donors (Lipinski definition) is 2. The minimum absolute atomic E-state index is 0.239. The summed E-state index contributed by atoms with van der Waals surface area (Å²) in [5.41, 5.74) is 1.82. The van der Waals surface area contributed by atoms with E-state index in [1.807, 2.05) is 31.4 Å². The van der Waals surface area contributed by atoms with Crippen molar-refractivity contribution >= 4 is 0 Å². The second kappa shape index (κ2) is 5.55. The van der Waals surface area contributed by atoms with Gasteiger partial charge in [0, 0.05) is 38.0 Å².